The van der Waals surface area contributed by atoms with Crippen LogP contribution in [0, 0.1) is 5.41 Å². The number of hydrogen-bond donors (Lipinski definition) is 2. The topological polar surface area (TPSA) is 69.6 Å². The Balaban J connectivity index is 1.95. The number of rotatable bonds is 6. The number of aliphatic hydroxyl groups excluding tert-OH is 1. The van der Waals surface area contributed by atoms with Gasteiger partial charge in [0.2, 0.25) is 10.0 Å². The van der Waals surface area contributed by atoms with Crippen molar-refractivity contribution >= 4 is 10.0 Å². The van der Waals surface area contributed by atoms with Gasteiger partial charge in [-0.15, -0.1) is 0 Å². The summed E-state index contributed by atoms with van der Waals surface area (Å²) in [5, 5.41) is 10.3. The fourth-order valence-electron chi connectivity index (χ4n) is 4.75. The highest BCUT2D eigenvalue weighted by Crippen LogP contribution is 2.46. The molecule has 0 saturated carbocycles. The van der Waals surface area contributed by atoms with Crippen molar-refractivity contribution in [2.24, 2.45) is 5.41 Å². The Morgan fingerprint density at radius 2 is 1.97 bits per heavy atom. The summed E-state index contributed by atoms with van der Waals surface area (Å²) >= 11 is 0. The van der Waals surface area contributed by atoms with Crippen molar-refractivity contribution in [1.82, 2.24) is 9.62 Å². The van der Waals surface area contributed by atoms with Crippen LogP contribution in [0.5, 0.6) is 0 Å². The number of nitrogens with zero attached hydrogens (tertiary/aromatic N) is 1. The molecule has 1 aromatic rings. The molecule has 1 aromatic carbocycles. The number of sulfonamides is 1. The van der Waals surface area contributed by atoms with Crippen LogP contribution in [0.2, 0.25) is 0 Å². The van der Waals surface area contributed by atoms with Gasteiger partial charge in [-0.3, -0.25) is 0 Å². The number of nitrogens with one attached hydrogen (secondary N) is 1. The predicted molar refractivity (Wildman–Crippen MR) is 118 cm³/mol. The van der Waals surface area contributed by atoms with Crippen molar-refractivity contribution in [2.75, 3.05) is 13.6 Å². The molecule has 3 rings (SSSR count). The first-order valence-corrected chi connectivity index (χ1v) is 12.2. The van der Waals surface area contributed by atoms with Crippen LogP contribution in [0.3, 0.4) is 0 Å². The molecule has 5 nitrogen and oxygen atoms in total. The number of allylic oxidation sites excluding steroid dienone is 1. The maximum absolute atomic E-state index is 13.1. The van der Waals surface area contributed by atoms with Crippen LogP contribution in [0.25, 0.3) is 0 Å². The largest absolute Gasteiger partial charge is 0.389 e. The molecule has 2 N–H and O–H groups in total. The highest BCUT2D eigenvalue weighted by molar-refractivity contribution is 7.88. The molecule has 1 heterocycles. The van der Waals surface area contributed by atoms with Crippen LogP contribution in [0.1, 0.15) is 45.6 Å². The van der Waals surface area contributed by atoms with E-state index in [4.69, 9.17) is 0 Å². The fraction of sp³-hybridized carbons (Fsp3) is 0.565. The number of likely N-dealkylation sites (tertiary alicyclic amines) is 1. The maximum Gasteiger partial charge on any atom is 0.216 e. The lowest BCUT2D eigenvalue weighted by atomic mass is 9.64. The van der Waals surface area contributed by atoms with E-state index in [1.807, 2.05) is 43.5 Å². The quantitative estimate of drug-likeness (QED) is 0.744. The molecule has 29 heavy (non-hydrogen) atoms. The second kappa shape index (κ2) is 8.72. The van der Waals surface area contributed by atoms with E-state index < -0.39 is 16.1 Å². The molecule has 1 aliphatic carbocycles. The van der Waals surface area contributed by atoms with E-state index in [1.165, 1.54) is 5.57 Å². The second-order valence-electron chi connectivity index (χ2n) is 8.70. The zero-order chi connectivity index (χ0) is 21.2. The minimum Gasteiger partial charge on any atom is -0.389 e. The Bertz CT molecular complexity index is 879. The smallest absolute Gasteiger partial charge is 0.216 e. The van der Waals surface area contributed by atoms with Gasteiger partial charge in [-0.1, -0.05) is 56.3 Å². The Kier molecular flexibility index (Phi) is 6.68. The Labute approximate surface area is 175 Å². The number of likely N-dealkylation sites (N-methyl/N-ethyl adjacent to an activating group) is 1. The molecule has 1 fully saturated rings. The summed E-state index contributed by atoms with van der Waals surface area (Å²) in [5.41, 5.74) is 2.73. The molecular formula is C23H34N2O3S. The van der Waals surface area contributed by atoms with Gasteiger partial charge in [0.15, 0.2) is 0 Å². The molecule has 2 unspecified atom stereocenters. The maximum atomic E-state index is 13.1. The van der Waals surface area contributed by atoms with Gasteiger partial charge in [0.1, 0.15) is 0 Å². The van der Waals surface area contributed by atoms with E-state index in [0.717, 1.165) is 30.5 Å². The van der Waals surface area contributed by atoms with Gasteiger partial charge in [-0.2, -0.15) is 0 Å². The molecule has 0 spiro atoms. The first kappa shape index (κ1) is 22.2. The normalized spacial score (nSPS) is 31.3. The van der Waals surface area contributed by atoms with Crippen molar-refractivity contribution < 1.29 is 13.5 Å². The molecule has 1 aliphatic heterocycles. The second-order valence-corrected chi connectivity index (χ2v) is 10.4. The number of hydrogen-bond acceptors (Lipinski definition) is 4. The molecule has 2 aliphatic rings. The van der Waals surface area contributed by atoms with Crippen LogP contribution in [-0.2, 0) is 15.8 Å². The average molecular weight is 419 g/mol. The van der Waals surface area contributed by atoms with E-state index >= 15 is 0 Å². The highest BCUT2D eigenvalue weighted by atomic mass is 32.2. The lowest BCUT2D eigenvalue weighted by molar-refractivity contribution is 0.0761. The molecule has 0 bridgehead atoms. The molecule has 1 saturated heterocycles. The molecule has 160 valence electrons. The summed E-state index contributed by atoms with van der Waals surface area (Å²) in [6, 6.07) is 9.05. The van der Waals surface area contributed by atoms with E-state index in [0.29, 0.717) is 6.42 Å². The van der Waals surface area contributed by atoms with Gasteiger partial charge < -0.3 is 10.0 Å². The van der Waals surface area contributed by atoms with Gasteiger partial charge >= 0.3 is 0 Å². The number of benzene rings is 1. The summed E-state index contributed by atoms with van der Waals surface area (Å²) in [7, 11) is -1.48. The third kappa shape index (κ3) is 4.82. The molecular weight excluding hydrogens is 384 g/mol. The minimum atomic E-state index is -3.52. The molecule has 0 amide bonds. The summed E-state index contributed by atoms with van der Waals surface area (Å²) in [6.07, 6.45) is 5.90. The Morgan fingerprint density at radius 3 is 2.62 bits per heavy atom. The molecule has 6 heteroatoms. The third-order valence-electron chi connectivity index (χ3n) is 6.66. The summed E-state index contributed by atoms with van der Waals surface area (Å²) in [5.74, 6) is -0.0327. The van der Waals surface area contributed by atoms with Crippen LogP contribution >= 0.6 is 0 Å². The summed E-state index contributed by atoms with van der Waals surface area (Å²) in [4.78, 5) is 2.21. The van der Waals surface area contributed by atoms with Gasteiger partial charge in [0, 0.05) is 17.5 Å². The van der Waals surface area contributed by atoms with Crippen molar-refractivity contribution in [3.05, 3.63) is 59.2 Å². The number of piperidine rings is 1. The van der Waals surface area contributed by atoms with Gasteiger partial charge in [0.25, 0.3) is 0 Å². The van der Waals surface area contributed by atoms with E-state index in [1.54, 1.807) is 0 Å². The zero-order valence-electron chi connectivity index (χ0n) is 17.9. The summed E-state index contributed by atoms with van der Waals surface area (Å²) < 4.78 is 29.2. The highest BCUT2D eigenvalue weighted by Gasteiger charge is 2.47. The summed E-state index contributed by atoms with van der Waals surface area (Å²) in [6.45, 7) is 7.24. The predicted octanol–water partition coefficient (Wildman–Crippen LogP) is 3.23. The monoisotopic (exact) mass is 418 g/mol. The molecule has 0 aromatic heterocycles. The van der Waals surface area contributed by atoms with E-state index in [2.05, 4.69) is 36.5 Å². The zero-order valence-corrected chi connectivity index (χ0v) is 18.7. The standard InChI is InChI=1S/C23H34N2O3S/c1-5-19-11-12-20(26)15-21(19)23(3)13-14-25(4)17(2)22(23)24-29(27,28)16-18-9-7-6-8-10-18/h6-11,15,17,20,22,24,26H,5,12-14,16H2,1-4H3/t17?,20?,22-,23+/m0/s1. The lowest BCUT2D eigenvalue weighted by Gasteiger charge is -2.51. The van der Waals surface area contributed by atoms with Crippen LogP contribution < -0.4 is 4.72 Å². The average Bonchev–Trinajstić information content (AvgIpc) is 2.69. The van der Waals surface area contributed by atoms with Crippen molar-refractivity contribution in [3.63, 3.8) is 0 Å². The van der Waals surface area contributed by atoms with Gasteiger partial charge in [-0.05, 0) is 56.5 Å². The van der Waals surface area contributed by atoms with Crippen molar-refractivity contribution in [3.8, 4) is 0 Å². The fourth-order valence-corrected chi connectivity index (χ4v) is 6.31. The minimum absolute atomic E-state index is 0.0327. The van der Waals surface area contributed by atoms with Gasteiger partial charge in [0.05, 0.1) is 11.9 Å². The van der Waals surface area contributed by atoms with Crippen LogP contribution in [0.15, 0.2) is 53.6 Å². The van der Waals surface area contributed by atoms with Gasteiger partial charge in [-0.25, -0.2) is 13.1 Å². The van der Waals surface area contributed by atoms with Crippen LogP contribution in [0.4, 0.5) is 0 Å². The van der Waals surface area contributed by atoms with E-state index in [9.17, 15) is 13.5 Å². The van der Waals surface area contributed by atoms with E-state index in [-0.39, 0.29) is 23.3 Å². The third-order valence-corrected chi connectivity index (χ3v) is 7.99. The van der Waals surface area contributed by atoms with Crippen molar-refractivity contribution in [2.45, 2.75) is 64.0 Å². The molecule has 4 atom stereocenters. The number of aliphatic hydroxyl groups is 1. The SMILES string of the molecule is CCC1=CCC(O)C=C1[C@@]1(C)CCN(C)C(C)[C@@H]1NS(=O)(=O)Cc1ccccc1. The first-order chi connectivity index (χ1) is 13.7. The van der Waals surface area contributed by atoms with Crippen LogP contribution in [-0.4, -0.2) is 50.2 Å². The lowest BCUT2D eigenvalue weighted by Crippen LogP contribution is -2.62. The molecule has 0 radical (unpaired) electrons. The van der Waals surface area contributed by atoms with Crippen molar-refractivity contribution in [1.29, 1.82) is 0 Å². The first-order valence-electron chi connectivity index (χ1n) is 10.5. The Hall–Kier alpha value is -1.47. The Morgan fingerprint density at radius 1 is 1.28 bits per heavy atom.